The molecule has 0 saturated carbocycles. The van der Waals surface area contributed by atoms with Crippen LogP contribution in [0.4, 0.5) is 4.39 Å². The first-order valence-electron chi connectivity index (χ1n) is 9.96. The molecule has 1 saturated heterocycles. The first-order valence-corrected chi connectivity index (χ1v) is 9.96. The second kappa shape index (κ2) is 9.85. The second-order valence-corrected chi connectivity index (χ2v) is 7.87. The van der Waals surface area contributed by atoms with Crippen molar-refractivity contribution in [1.82, 2.24) is 14.7 Å². The molecular weight excluding hydrogens is 357 g/mol. The third-order valence-corrected chi connectivity index (χ3v) is 5.27. The normalized spacial score (nSPS) is 17.8. The van der Waals surface area contributed by atoms with Crippen LogP contribution in [0.25, 0.3) is 0 Å². The van der Waals surface area contributed by atoms with Crippen molar-refractivity contribution in [2.24, 2.45) is 5.92 Å². The number of likely N-dealkylation sites (N-methyl/N-ethyl adjacent to an activating group) is 1. The molecule has 28 heavy (non-hydrogen) atoms. The molecule has 0 spiro atoms. The Morgan fingerprint density at radius 2 is 2.04 bits per heavy atom. The lowest BCUT2D eigenvalue weighted by atomic mass is 9.96. The highest BCUT2D eigenvalue weighted by atomic mass is 19.1. The van der Waals surface area contributed by atoms with Gasteiger partial charge in [0.1, 0.15) is 5.82 Å². The zero-order valence-electron chi connectivity index (χ0n) is 16.8. The Bertz CT molecular complexity index is 748. The van der Waals surface area contributed by atoms with Crippen molar-refractivity contribution in [3.05, 3.63) is 59.8 Å². The van der Waals surface area contributed by atoms with E-state index in [1.165, 1.54) is 12.3 Å². The molecule has 0 N–H and O–H groups in total. The van der Waals surface area contributed by atoms with Gasteiger partial charge in [-0.15, -0.1) is 0 Å². The fourth-order valence-corrected chi connectivity index (χ4v) is 3.78. The van der Waals surface area contributed by atoms with Gasteiger partial charge in [-0.1, -0.05) is 18.2 Å². The molecule has 5 nitrogen and oxygen atoms in total. The Hall–Kier alpha value is -2.18. The van der Waals surface area contributed by atoms with Crippen molar-refractivity contribution < 1.29 is 13.6 Å². The van der Waals surface area contributed by atoms with E-state index in [1.807, 2.05) is 31.1 Å². The number of likely N-dealkylation sites (tertiary alicyclic amines) is 1. The molecule has 1 aliphatic rings. The van der Waals surface area contributed by atoms with Crippen molar-refractivity contribution in [2.75, 3.05) is 46.8 Å². The number of carbonyl (C=O) groups is 1. The minimum atomic E-state index is -0.148. The van der Waals surface area contributed by atoms with E-state index in [0.29, 0.717) is 31.3 Å². The third-order valence-electron chi connectivity index (χ3n) is 5.27. The number of hydrogen-bond donors (Lipinski definition) is 0. The van der Waals surface area contributed by atoms with Gasteiger partial charge < -0.3 is 14.2 Å². The van der Waals surface area contributed by atoms with Crippen molar-refractivity contribution in [2.45, 2.75) is 19.4 Å². The van der Waals surface area contributed by atoms with Crippen LogP contribution in [0, 0.1) is 11.7 Å². The van der Waals surface area contributed by atoms with Crippen LogP contribution in [-0.2, 0) is 6.54 Å². The Kier molecular flexibility index (Phi) is 7.23. The molecule has 0 bridgehead atoms. The van der Waals surface area contributed by atoms with Crippen LogP contribution in [0.5, 0.6) is 0 Å². The summed E-state index contributed by atoms with van der Waals surface area (Å²) in [4.78, 5) is 19.1. The SMILES string of the molecule is CN(C)CCN(C[C@H]1CCCN(Cc2ccccc2F)C1)C(=O)c1ccco1. The summed E-state index contributed by atoms with van der Waals surface area (Å²) >= 11 is 0. The Labute approximate surface area is 166 Å². The topological polar surface area (TPSA) is 39.9 Å². The van der Waals surface area contributed by atoms with Crippen LogP contribution in [0.1, 0.15) is 29.0 Å². The molecule has 0 aliphatic carbocycles. The molecule has 152 valence electrons. The number of rotatable bonds is 8. The van der Waals surface area contributed by atoms with Gasteiger partial charge in [-0.3, -0.25) is 9.69 Å². The summed E-state index contributed by atoms with van der Waals surface area (Å²) < 4.78 is 19.3. The standard InChI is InChI=1S/C22H30FN3O2/c1-24(2)12-13-26(22(27)21-10-6-14-28-21)16-18-7-5-11-25(15-18)17-19-8-3-4-9-20(19)23/h3-4,6,8-10,14,18H,5,7,11-13,15-17H2,1-2H3/t18-/m0/s1. The number of nitrogens with zero attached hydrogens (tertiary/aromatic N) is 3. The van der Waals surface area contributed by atoms with Gasteiger partial charge >= 0.3 is 0 Å². The van der Waals surface area contributed by atoms with Crippen LogP contribution in [0.3, 0.4) is 0 Å². The highest BCUT2D eigenvalue weighted by molar-refractivity contribution is 5.91. The minimum Gasteiger partial charge on any atom is -0.459 e. The van der Waals surface area contributed by atoms with Gasteiger partial charge in [0.2, 0.25) is 0 Å². The maximum atomic E-state index is 14.0. The molecule has 3 rings (SSSR count). The van der Waals surface area contributed by atoms with Gasteiger partial charge in [0.15, 0.2) is 5.76 Å². The van der Waals surface area contributed by atoms with E-state index < -0.39 is 0 Å². The molecule has 2 aromatic rings. The quantitative estimate of drug-likeness (QED) is 0.697. The largest absolute Gasteiger partial charge is 0.459 e. The molecular formula is C22H30FN3O2. The molecule has 1 aromatic heterocycles. The molecule has 0 radical (unpaired) electrons. The van der Waals surface area contributed by atoms with E-state index in [-0.39, 0.29) is 11.7 Å². The maximum absolute atomic E-state index is 14.0. The summed E-state index contributed by atoms with van der Waals surface area (Å²) in [6.07, 6.45) is 3.68. The zero-order chi connectivity index (χ0) is 19.9. The van der Waals surface area contributed by atoms with Gasteiger partial charge in [0.25, 0.3) is 5.91 Å². The van der Waals surface area contributed by atoms with E-state index >= 15 is 0 Å². The van der Waals surface area contributed by atoms with Crippen LogP contribution in [-0.4, -0.2) is 67.4 Å². The van der Waals surface area contributed by atoms with Gasteiger partial charge in [-0.05, 0) is 57.6 Å². The first kappa shape index (κ1) is 20.6. The number of hydrogen-bond acceptors (Lipinski definition) is 4. The highest BCUT2D eigenvalue weighted by Gasteiger charge is 2.26. The molecule has 1 amide bonds. The highest BCUT2D eigenvalue weighted by Crippen LogP contribution is 2.21. The molecule has 6 heteroatoms. The summed E-state index contributed by atoms with van der Waals surface area (Å²) in [6.45, 7) is 4.62. The van der Waals surface area contributed by atoms with E-state index in [1.54, 1.807) is 18.2 Å². The third kappa shape index (κ3) is 5.66. The van der Waals surface area contributed by atoms with Gasteiger partial charge in [-0.25, -0.2) is 4.39 Å². The number of piperidine rings is 1. The van der Waals surface area contributed by atoms with E-state index in [2.05, 4.69) is 9.80 Å². The predicted octanol–water partition coefficient (Wildman–Crippen LogP) is 3.33. The molecule has 1 aliphatic heterocycles. The molecule has 2 heterocycles. The second-order valence-electron chi connectivity index (χ2n) is 7.87. The van der Waals surface area contributed by atoms with Crippen LogP contribution in [0.15, 0.2) is 47.1 Å². The van der Waals surface area contributed by atoms with Crippen LogP contribution in [0.2, 0.25) is 0 Å². The van der Waals surface area contributed by atoms with Crippen molar-refractivity contribution >= 4 is 5.91 Å². The number of carbonyl (C=O) groups excluding carboxylic acids is 1. The summed E-state index contributed by atoms with van der Waals surface area (Å²) in [6, 6.07) is 10.4. The fraction of sp³-hybridized carbons (Fsp3) is 0.500. The summed E-state index contributed by atoms with van der Waals surface area (Å²) in [5, 5.41) is 0. The Morgan fingerprint density at radius 3 is 2.75 bits per heavy atom. The number of halogens is 1. The van der Waals surface area contributed by atoms with E-state index in [4.69, 9.17) is 4.42 Å². The zero-order valence-corrected chi connectivity index (χ0v) is 16.8. The molecule has 1 fully saturated rings. The predicted molar refractivity (Wildman–Crippen MR) is 108 cm³/mol. The lowest BCUT2D eigenvalue weighted by Gasteiger charge is -2.36. The number of amides is 1. The summed E-state index contributed by atoms with van der Waals surface area (Å²) in [7, 11) is 4.01. The molecule has 0 unspecified atom stereocenters. The fourth-order valence-electron chi connectivity index (χ4n) is 3.78. The van der Waals surface area contributed by atoms with Crippen molar-refractivity contribution in [1.29, 1.82) is 0 Å². The maximum Gasteiger partial charge on any atom is 0.289 e. The lowest BCUT2D eigenvalue weighted by molar-refractivity contribution is 0.0630. The minimum absolute atomic E-state index is 0.0573. The average Bonchev–Trinajstić information content (AvgIpc) is 3.21. The monoisotopic (exact) mass is 387 g/mol. The summed E-state index contributed by atoms with van der Waals surface area (Å²) in [5.41, 5.74) is 0.735. The number of furan rings is 1. The Balaban J connectivity index is 1.62. The smallest absolute Gasteiger partial charge is 0.289 e. The molecule has 1 atom stereocenters. The van der Waals surface area contributed by atoms with Gasteiger partial charge in [0, 0.05) is 38.3 Å². The van der Waals surface area contributed by atoms with Gasteiger partial charge in [0.05, 0.1) is 6.26 Å². The van der Waals surface area contributed by atoms with Crippen molar-refractivity contribution in [3.63, 3.8) is 0 Å². The van der Waals surface area contributed by atoms with Gasteiger partial charge in [-0.2, -0.15) is 0 Å². The van der Waals surface area contributed by atoms with E-state index in [0.717, 1.165) is 38.0 Å². The first-order chi connectivity index (χ1) is 13.5. The van der Waals surface area contributed by atoms with Crippen molar-refractivity contribution in [3.8, 4) is 0 Å². The lowest BCUT2D eigenvalue weighted by Crippen LogP contribution is -2.44. The Morgan fingerprint density at radius 1 is 1.21 bits per heavy atom. The summed E-state index contributed by atoms with van der Waals surface area (Å²) in [5.74, 6) is 0.558. The van der Waals surface area contributed by atoms with Crippen LogP contribution >= 0.6 is 0 Å². The molecule has 1 aromatic carbocycles. The average molecular weight is 387 g/mol. The number of benzene rings is 1. The van der Waals surface area contributed by atoms with Crippen LogP contribution < -0.4 is 0 Å². The van der Waals surface area contributed by atoms with E-state index in [9.17, 15) is 9.18 Å².